The number of anilines is 1. The van der Waals surface area contributed by atoms with Crippen molar-refractivity contribution in [3.63, 3.8) is 0 Å². The zero-order valence-corrected chi connectivity index (χ0v) is 17.8. The summed E-state index contributed by atoms with van der Waals surface area (Å²) in [5, 5.41) is 0. The Balaban J connectivity index is 1.43. The Bertz CT molecular complexity index is 873. The van der Waals surface area contributed by atoms with E-state index < -0.39 is 9.84 Å². The Labute approximate surface area is 168 Å². The lowest BCUT2D eigenvalue weighted by molar-refractivity contribution is 0.223. The molecule has 0 N–H and O–H groups in total. The van der Waals surface area contributed by atoms with Crippen LogP contribution in [0.5, 0.6) is 5.75 Å². The lowest BCUT2D eigenvalue weighted by Gasteiger charge is -2.35. The van der Waals surface area contributed by atoms with Crippen molar-refractivity contribution in [1.82, 2.24) is 4.98 Å². The summed E-state index contributed by atoms with van der Waals surface area (Å²) in [4.78, 5) is 7.21. The molecule has 2 aromatic rings. The Morgan fingerprint density at radius 3 is 2.46 bits per heavy atom. The van der Waals surface area contributed by atoms with Crippen LogP contribution >= 0.6 is 0 Å². The van der Waals surface area contributed by atoms with Crippen molar-refractivity contribution in [3.8, 4) is 5.75 Å². The molecule has 1 fully saturated rings. The fourth-order valence-corrected chi connectivity index (χ4v) is 4.40. The predicted octanol–water partition coefficient (Wildman–Crippen LogP) is 4.12. The van der Waals surface area contributed by atoms with Crippen molar-refractivity contribution in [3.05, 3.63) is 48.2 Å². The number of benzene rings is 1. The van der Waals surface area contributed by atoms with Gasteiger partial charge in [-0.05, 0) is 80.0 Å². The molecule has 0 spiro atoms. The van der Waals surface area contributed by atoms with Crippen LogP contribution in [0.3, 0.4) is 0 Å². The zero-order chi connectivity index (χ0) is 20.1. The minimum absolute atomic E-state index is 0.322. The number of sulfone groups is 1. The van der Waals surface area contributed by atoms with Crippen LogP contribution in [-0.4, -0.2) is 39.4 Å². The van der Waals surface area contributed by atoms with Crippen LogP contribution in [0.25, 0.3) is 0 Å². The van der Waals surface area contributed by atoms with E-state index in [4.69, 9.17) is 4.74 Å². The van der Waals surface area contributed by atoms with E-state index in [1.807, 2.05) is 12.3 Å². The smallest absolute Gasteiger partial charge is 0.175 e. The highest BCUT2D eigenvalue weighted by atomic mass is 32.2. The molecule has 0 radical (unpaired) electrons. The number of aromatic nitrogens is 1. The Hall–Kier alpha value is -2.08. The summed E-state index contributed by atoms with van der Waals surface area (Å²) in [7, 11) is -3.16. The summed E-state index contributed by atoms with van der Waals surface area (Å²) in [6, 6.07) is 10.9. The number of hydrogen-bond acceptors (Lipinski definition) is 5. The van der Waals surface area contributed by atoms with Crippen LogP contribution < -0.4 is 9.64 Å². The fourth-order valence-electron chi connectivity index (χ4n) is 3.77. The summed E-state index contributed by atoms with van der Waals surface area (Å²) in [5.41, 5.74) is 1.25. The van der Waals surface area contributed by atoms with Crippen LogP contribution in [0.4, 0.5) is 5.82 Å². The lowest BCUT2D eigenvalue weighted by atomic mass is 9.84. The van der Waals surface area contributed by atoms with Crippen LogP contribution in [-0.2, 0) is 9.84 Å². The Morgan fingerprint density at radius 2 is 1.86 bits per heavy atom. The van der Waals surface area contributed by atoms with E-state index in [2.05, 4.69) is 29.8 Å². The van der Waals surface area contributed by atoms with E-state index in [0.717, 1.165) is 31.1 Å². The van der Waals surface area contributed by atoms with Gasteiger partial charge in [0.15, 0.2) is 9.84 Å². The van der Waals surface area contributed by atoms with E-state index in [9.17, 15) is 8.42 Å². The molecular formula is C22H30N2O3S. The number of aryl methyl sites for hydroxylation is 1. The fraction of sp³-hybridized carbons (Fsp3) is 0.500. The van der Waals surface area contributed by atoms with Gasteiger partial charge in [-0.3, -0.25) is 0 Å². The Morgan fingerprint density at radius 1 is 1.18 bits per heavy atom. The third kappa shape index (κ3) is 5.47. The molecule has 1 aromatic carbocycles. The minimum atomic E-state index is -3.16. The molecule has 6 heteroatoms. The van der Waals surface area contributed by atoms with Crippen LogP contribution in [0.15, 0.2) is 47.5 Å². The summed E-state index contributed by atoms with van der Waals surface area (Å²) in [6.45, 7) is 7.17. The molecular weight excluding hydrogens is 372 g/mol. The first kappa shape index (κ1) is 20.6. The first-order chi connectivity index (χ1) is 13.3. The van der Waals surface area contributed by atoms with Gasteiger partial charge in [-0.25, -0.2) is 13.4 Å². The third-order valence-electron chi connectivity index (χ3n) is 5.66. The molecule has 28 heavy (non-hydrogen) atoms. The molecule has 1 aliphatic heterocycles. The largest absolute Gasteiger partial charge is 0.494 e. The molecule has 0 bridgehead atoms. The molecule has 152 valence electrons. The second kappa shape index (κ2) is 8.95. The van der Waals surface area contributed by atoms with Crippen LogP contribution in [0.1, 0.15) is 31.7 Å². The topological polar surface area (TPSA) is 59.5 Å². The molecule has 5 nitrogen and oxygen atoms in total. The lowest BCUT2D eigenvalue weighted by Crippen LogP contribution is -2.36. The molecule has 1 aromatic heterocycles. The van der Waals surface area contributed by atoms with E-state index >= 15 is 0 Å². The van der Waals surface area contributed by atoms with E-state index in [1.54, 1.807) is 24.3 Å². The van der Waals surface area contributed by atoms with Crippen molar-refractivity contribution in [2.45, 2.75) is 38.0 Å². The monoisotopic (exact) mass is 402 g/mol. The summed E-state index contributed by atoms with van der Waals surface area (Å²) in [5.74, 6) is 3.12. The van der Waals surface area contributed by atoms with Crippen molar-refractivity contribution < 1.29 is 13.2 Å². The number of pyridine rings is 1. The molecule has 1 saturated heterocycles. The molecule has 2 heterocycles. The molecule has 0 aliphatic carbocycles. The first-order valence-electron chi connectivity index (χ1n) is 9.93. The SMILES string of the molecule is Cc1ccnc(N2CCC([C@H](C)CCOc3ccc(S(C)(=O)=O)cc3)CC2)c1. The van der Waals surface area contributed by atoms with E-state index in [-0.39, 0.29) is 0 Å². The number of rotatable bonds is 7. The minimum Gasteiger partial charge on any atom is -0.494 e. The second-order valence-electron chi connectivity index (χ2n) is 7.87. The van der Waals surface area contributed by atoms with Crippen molar-refractivity contribution >= 4 is 15.7 Å². The highest BCUT2D eigenvalue weighted by Gasteiger charge is 2.24. The predicted molar refractivity (Wildman–Crippen MR) is 113 cm³/mol. The number of ether oxygens (including phenoxy) is 1. The second-order valence-corrected chi connectivity index (χ2v) is 9.89. The van der Waals surface area contributed by atoms with Gasteiger partial charge in [0.2, 0.25) is 0 Å². The van der Waals surface area contributed by atoms with Crippen molar-refractivity contribution in [1.29, 1.82) is 0 Å². The molecule has 0 amide bonds. The van der Waals surface area contributed by atoms with E-state index in [1.165, 1.54) is 24.7 Å². The zero-order valence-electron chi connectivity index (χ0n) is 17.0. The van der Waals surface area contributed by atoms with Gasteiger partial charge < -0.3 is 9.64 Å². The number of hydrogen-bond donors (Lipinski definition) is 0. The maximum atomic E-state index is 11.5. The molecule has 1 atom stereocenters. The van der Waals surface area contributed by atoms with Gasteiger partial charge in [-0.2, -0.15) is 0 Å². The van der Waals surface area contributed by atoms with Gasteiger partial charge in [0.05, 0.1) is 11.5 Å². The van der Waals surface area contributed by atoms with E-state index in [0.29, 0.717) is 23.3 Å². The van der Waals surface area contributed by atoms with Crippen LogP contribution in [0, 0.1) is 18.8 Å². The molecule has 3 rings (SSSR count). The van der Waals surface area contributed by atoms with Gasteiger partial charge in [-0.1, -0.05) is 6.92 Å². The van der Waals surface area contributed by atoms with Gasteiger partial charge in [0.1, 0.15) is 11.6 Å². The maximum absolute atomic E-state index is 11.5. The van der Waals surface area contributed by atoms with Crippen molar-refractivity contribution in [2.24, 2.45) is 11.8 Å². The average Bonchev–Trinajstić information content (AvgIpc) is 2.68. The highest BCUT2D eigenvalue weighted by Crippen LogP contribution is 2.29. The number of nitrogens with zero attached hydrogens (tertiary/aromatic N) is 2. The summed E-state index contributed by atoms with van der Waals surface area (Å²) >= 11 is 0. The summed E-state index contributed by atoms with van der Waals surface area (Å²) in [6.07, 6.45) is 6.46. The van der Waals surface area contributed by atoms with Gasteiger partial charge in [0, 0.05) is 25.5 Å². The molecule has 0 saturated carbocycles. The number of piperidine rings is 1. The third-order valence-corrected chi connectivity index (χ3v) is 6.79. The Kier molecular flexibility index (Phi) is 6.60. The normalized spacial score (nSPS) is 16.8. The summed E-state index contributed by atoms with van der Waals surface area (Å²) < 4.78 is 28.8. The quantitative estimate of drug-likeness (QED) is 0.697. The van der Waals surface area contributed by atoms with Crippen molar-refractivity contribution in [2.75, 3.05) is 30.9 Å². The first-order valence-corrected chi connectivity index (χ1v) is 11.8. The van der Waals surface area contributed by atoms with Gasteiger partial charge in [0.25, 0.3) is 0 Å². The standard InChI is InChI=1S/C22H30N2O3S/c1-17-8-12-23-22(16-17)24-13-9-19(10-14-24)18(2)11-15-27-20-4-6-21(7-5-20)28(3,25)26/h4-8,12,16,18-19H,9-11,13-15H2,1-3H3/t18-/m1/s1. The van der Waals surface area contributed by atoms with Crippen LogP contribution in [0.2, 0.25) is 0 Å². The maximum Gasteiger partial charge on any atom is 0.175 e. The van der Waals surface area contributed by atoms with Gasteiger partial charge in [-0.15, -0.1) is 0 Å². The van der Waals surface area contributed by atoms with Gasteiger partial charge >= 0.3 is 0 Å². The highest BCUT2D eigenvalue weighted by molar-refractivity contribution is 7.90. The molecule has 1 aliphatic rings. The average molecular weight is 403 g/mol. The molecule has 0 unspecified atom stereocenters.